The van der Waals surface area contributed by atoms with Crippen molar-refractivity contribution in [2.24, 2.45) is 4.99 Å². The molecule has 2 aromatic rings. The van der Waals surface area contributed by atoms with Crippen molar-refractivity contribution in [2.45, 2.75) is 13.8 Å². The largest absolute Gasteiger partial charge is 0.496 e. The van der Waals surface area contributed by atoms with E-state index in [9.17, 15) is 4.79 Å². The summed E-state index contributed by atoms with van der Waals surface area (Å²) in [5.74, 6) is 1.49. The summed E-state index contributed by atoms with van der Waals surface area (Å²) in [6.07, 6.45) is 1.76. The Balaban J connectivity index is 1.93. The summed E-state index contributed by atoms with van der Waals surface area (Å²) >= 11 is 1.29. The lowest BCUT2D eigenvalue weighted by Crippen LogP contribution is -2.19. The third-order valence-electron chi connectivity index (χ3n) is 4.25. The second-order valence-corrected chi connectivity index (χ2v) is 7.25. The van der Waals surface area contributed by atoms with Gasteiger partial charge in [0.1, 0.15) is 5.75 Å². The minimum Gasteiger partial charge on any atom is -0.496 e. The number of ether oxygens (including phenoxy) is 3. The lowest BCUT2D eigenvalue weighted by atomic mass is 10.1. The molecule has 2 aromatic carbocycles. The van der Waals surface area contributed by atoms with Crippen LogP contribution in [0.2, 0.25) is 0 Å². The zero-order valence-corrected chi connectivity index (χ0v) is 17.3. The molecule has 1 heterocycles. The first-order chi connectivity index (χ1) is 13.4. The van der Waals surface area contributed by atoms with Gasteiger partial charge >= 0.3 is 0 Å². The van der Waals surface area contributed by atoms with Crippen LogP contribution < -0.4 is 19.5 Å². The molecule has 1 aliphatic rings. The smallest absolute Gasteiger partial charge is 0.264 e. The monoisotopic (exact) mass is 398 g/mol. The van der Waals surface area contributed by atoms with Crippen LogP contribution in [0.5, 0.6) is 17.2 Å². The molecule has 0 radical (unpaired) electrons. The molecule has 0 saturated carbocycles. The zero-order chi connectivity index (χ0) is 20.3. The number of nitrogens with zero attached hydrogens (tertiary/aromatic N) is 1. The van der Waals surface area contributed by atoms with Crippen molar-refractivity contribution < 1.29 is 19.0 Å². The number of amidine groups is 1. The van der Waals surface area contributed by atoms with Crippen LogP contribution in [0.25, 0.3) is 6.08 Å². The van der Waals surface area contributed by atoms with Gasteiger partial charge in [0.05, 0.1) is 31.9 Å². The van der Waals surface area contributed by atoms with E-state index in [1.54, 1.807) is 39.5 Å². The van der Waals surface area contributed by atoms with Gasteiger partial charge in [-0.25, -0.2) is 4.99 Å². The summed E-state index contributed by atoms with van der Waals surface area (Å²) in [6, 6.07) is 9.51. The fraction of sp³-hybridized carbons (Fsp3) is 0.238. The molecular formula is C21H22N2O4S. The van der Waals surface area contributed by atoms with Crippen LogP contribution in [0, 0.1) is 13.8 Å². The molecule has 1 aliphatic heterocycles. The van der Waals surface area contributed by atoms with E-state index >= 15 is 0 Å². The summed E-state index contributed by atoms with van der Waals surface area (Å²) in [7, 11) is 4.69. The molecule has 0 aliphatic carbocycles. The Morgan fingerprint density at radius 2 is 1.64 bits per heavy atom. The molecule has 146 valence electrons. The van der Waals surface area contributed by atoms with Crippen LogP contribution in [0.3, 0.4) is 0 Å². The van der Waals surface area contributed by atoms with Crippen molar-refractivity contribution >= 4 is 34.6 Å². The number of carbonyl (C=O) groups excluding carboxylic acids is 1. The zero-order valence-electron chi connectivity index (χ0n) is 16.5. The number of hydrogen-bond acceptors (Lipinski definition) is 6. The molecule has 0 bridgehead atoms. The SMILES string of the molecule is COc1cc(OC)c(OC)cc1/C=C1\SC(=Nc2ccc(C)cc2C)NC1=O. The van der Waals surface area contributed by atoms with Gasteiger partial charge in [-0.15, -0.1) is 0 Å². The second-order valence-electron chi connectivity index (χ2n) is 6.22. The molecule has 6 nitrogen and oxygen atoms in total. The molecule has 0 unspecified atom stereocenters. The number of benzene rings is 2. The van der Waals surface area contributed by atoms with Crippen molar-refractivity contribution in [3.63, 3.8) is 0 Å². The topological polar surface area (TPSA) is 69.2 Å². The maximum Gasteiger partial charge on any atom is 0.264 e. The Labute approximate surface area is 168 Å². The Hall–Kier alpha value is -2.93. The summed E-state index contributed by atoms with van der Waals surface area (Å²) in [5, 5.41) is 3.36. The number of methoxy groups -OCH3 is 3. The van der Waals surface area contributed by atoms with Crippen molar-refractivity contribution in [1.82, 2.24) is 5.32 Å². The molecule has 3 rings (SSSR count). The Morgan fingerprint density at radius 3 is 2.29 bits per heavy atom. The fourth-order valence-electron chi connectivity index (χ4n) is 2.83. The fourth-order valence-corrected chi connectivity index (χ4v) is 3.65. The highest BCUT2D eigenvalue weighted by molar-refractivity contribution is 8.18. The molecule has 28 heavy (non-hydrogen) atoms. The van der Waals surface area contributed by atoms with Crippen LogP contribution in [-0.4, -0.2) is 32.4 Å². The van der Waals surface area contributed by atoms with Crippen LogP contribution in [-0.2, 0) is 4.79 Å². The van der Waals surface area contributed by atoms with E-state index in [-0.39, 0.29) is 5.91 Å². The first kappa shape index (κ1) is 19.8. The van der Waals surface area contributed by atoms with E-state index in [4.69, 9.17) is 14.2 Å². The van der Waals surface area contributed by atoms with Gasteiger partial charge in [-0.1, -0.05) is 17.7 Å². The van der Waals surface area contributed by atoms with Gasteiger partial charge in [0.15, 0.2) is 16.7 Å². The molecule has 1 saturated heterocycles. The molecule has 7 heteroatoms. The lowest BCUT2D eigenvalue weighted by molar-refractivity contribution is -0.115. The highest BCUT2D eigenvalue weighted by atomic mass is 32.2. The number of nitrogens with one attached hydrogen (secondary N) is 1. The van der Waals surface area contributed by atoms with Gasteiger partial charge in [-0.2, -0.15) is 0 Å². The third kappa shape index (κ3) is 4.14. The maximum absolute atomic E-state index is 12.4. The van der Waals surface area contributed by atoms with Crippen LogP contribution in [0.15, 0.2) is 40.2 Å². The van der Waals surface area contributed by atoms with Crippen LogP contribution in [0.1, 0.15) is 16.7 Å². The highest BCUT2D eigenvalue weighted by Crippen LogP contribution is 2.37. The van der Waals surface area contributed by atoms with Crippen LogP contribution in [0.4, 0.5) is 5.69 Å². The molecule has 0 spiro atoms. The Kier molecular flexibility index (Phi) is 5.94. The summed E-state index contributed by atoms with van der Waals surface area (Å²) < 4.78 is 16.1. The average molecular weight is 398 g/mol. The minimum atomic E-state index is -0.203. The number of amides is 1. The molecule has 1 fully saturated rings. The van der Waals surface area contributed by atoms with Gasteiger partial charge in [0, 0.05) is 11.6 Å². The van der Waals surface area contributed by atoms with E-state index in [1.807, 2.05) is 26.0 Å². The third-order valence-corrected chi connectivity index (χ3v) is 5.16. The standard InChI is InChI=1S/C21H22N2O4S/c1-12-6-7-15(13(2)8-12)22-21-23-20(24)19(28-21)10-14-9-17(26-4)18(27-5)11-16(14)25-3/h6-11H,1-5H3,(H,22,23,24)/b19-10-. The number of hydrogen-bond donors (Lipinski definition) is 1. The maximum atomic E-state index is 12.4. The number of rotatable bonds is 5. The molecular weight excluding hydrogens is 376 g/mol. The molecule has 0 atom stereocenters. The summed E-state index contributed by atoms with van der Waals surface area (Å²) in [5.41, 5.74) is 3.77. The van der Waals surface area contributed by atoms with E-state index < -0.39 is 0 Å². The highest BCUT2D eigenvalue weighted by Gasteiger charge is 2.25. The summed E-state index contributed by atoms with van der Waals surface area (Å²) in [4.78, 5) is 17.5. The van der Waals surface area contributed by atoms with E-state index in [1.165, 1.54) is 17.3 Å². The number of carbonyl (C=O) groups is 1. The Bertz CT molecular complexity index is 983. The first-order valence-electron chi connectivity index (χ1n) is 8.62. The van der Waals surface area contributed by atoms with E-state index in [0.29, 0.717) is 32.9 Å². The lowest BCUT2D eigenvalue weighted by Gasteiger charge is -2.12. The predicted octanol–water partition coefficient (Wildman–Crippen LogP) is 4.22. The quantitative estimate of drug-likeness (QED) is 0.764. The van der Waals surface area contributed by atoms with E-state index in [0.717, 1.165) is 11.3 Å². The van der Waals surface area contributed by atoms with Crippen LogP contribution >= 0.6 is 11.8 Å². The number of thioether (sulfide) groups is 1. The van der Waals surface area contributed by atoms with Crippen molar-refractivity contribution in [3.8, 4) is 17.2 Å². The molecule has 1 N–H and O–H groups in total. The second kappa shape index (κ2) is 8.39. The van der Waals surface area contributed by atoms with Crippen molar-refractivity contribution in [1.29, 1.82) is 0 Å². The Morgan fingerprint density at radius 1 is 0.964 bits per heavy atom. The number of aryl methyl sites for hydroxylation is 2. The van der Waals surface area contributed by atoms with Gasteiger partial charge in [-0.3, -0.25) is 4.79 Å². The molecule has 0 aromatic heterocycles. The minimum absolute atomic E-state index is 0.203. The summed E-state index contributed by atoms with van der Waals surface area (Å²) in [6.45, 7) is 4.03. The van der Waals surface area contributed by atoms with E-state index in [2.05, 4.69) is 16.4 Å². The average Bonchev–Trinajstić information content (AvgIpc) is 3.02. The van der Waals surface area contributed by atoms with Gasteiger partial charge in [0.25, 0.3) is 5.91 Å². The normalized spacial score (nSPS) is 16.4. The van der Waals surface area contributed by atoms with Crippen molar-refractivity contribution in [2.75, 3.05) is 21.3 Å². The van der Waals surface area contributed by atoms with Gasteiger partial charge in [-0.05, 0) is 49.4 Å². The number of aliphatic imine (C=N–C) groups is 1. The molecule has 1 amide bonds. The first-order valence-corrected chi connectivity index (χ1v) is 9.43. The van der Waals surface area contributed by atoms with Crippen molar-refractivity contribution in [3.05, 3.63) is 51.9 Å². The van der Waals surface area contributed by atoms with Gasteiger partial charge in [0.2, 0.25) is 0 Å². The predicted molar refractivity (Wildman–Crippen MR) is 113 cm³/mol. The van der Waals surface area contributed by atoms with Gasteiger partial charge < -0.3 is 19.5 Å².